The number of aromatic nitrogens is 2. The van der Waals surface area contributed by atoms with Crippen LogP contribution in [-0.2, 0) is 0 Å². The molecule has 0 amide bonds. The van der Waals surface area contributed by atoms with E-state index in [1.54, 1.807) is 6.20 Å². The topological polar surface area (TPSA) is 40.7 Å². The predicted molar refractivity (Wildman–Crippen MR) is 62.6 cm³/mol. The van der Waals surface area contributed by atoms with Crippen LogP contribution in [0.2, 0.25) is 0 Å². The number of fused-ring (bicyclic) bond motifs is 1. The van der Waals surface area contributed by atoms with Gasteiger partial charge in [0.25, 0.3) is 0 Å². The summed E-state index contributed by atoms with van der Waals surface area (Å²) in [6.45, 7) is 3.61. The molecule has 0 atom stereocenters. The molecule has 13 heavy (non-hydrogen) atoms. The Morgan fingerprint density at radius 1 is 1.62 bits per heavy atom. The number of H-pyrrole nitrogens is 1. The van der Waals surface area contributed by atoms with Crippen molar-refractivity contribution in [1.29, 1.82) is 0 Å². The molecule has 0 unspecified atom stereocenters. The highest BCUT2D eigenvalue weighted by Gasteiger charge is 2.02. The molecule has 0 spiro atoms. The molecule has 0 bridgehead atoms. The Labute approximate surface area is 89.4 Å². The number of nitrogens with one attached hydrogen (secondary N) is 2. The average molecular weight is 285 g/mol. The van der Waals surface area contributed by atoms with Gasteiger partial charge in [0.05, 0.1) is 11.2 Å². The first kappa shape index (κ1) is 8.55. The van der Waals surface area contributed by atoms with Crippen molar-refractivity contribution in [2.24, 2.45) is 0 Å². The fourth-order valence-electron chi connectivity index (χ4n) is 1.20. The summed E-state index contributed by atoms with van der Waals surface area (Å²) in [4.78, 5) is 7.45. The lowest BCUT2D eigenvalue weighted by Gasteiger charge is -1.95. The molecule has 2 rings (SSSR count). The van der Waals surface area contributed by atoms with E-state index in [0.717, 1.165) is 20.3 Å². The highest BCUT2D eigenvalue weighted by atomic mass is 127. The van der Waals surface area contributed by atoms with Gasteiger partial charge in [0.15, 0.2) is 0 Å². The van der Waals surface area contributed by atoms with Gasteiger partial charge in [-0.2, -0.15) is 0 Å². The van der Waals surface area contributed by atoms with Gasteiger partial charge in [-0.05, 0) is 34.9 Å². The van der Waals surface area contributed by atoms with E-state index in [2.05, 4.69) is 50.5 Å². The van der Waals surface area contributed by atoms with Crippen LogP contribution >= 0.6 is 22.6 Å². The van der Waals surface area contributed by atoms with E-state index in [1.165, 1.54) is 0 Å². The molecule has 3 nitrogen and oxygen atoms in total. The molecular weight excluding hydrogens is 277 g/mol. The summed E-state index contributed by atoms with van der Waals surface area (Å²) in [7, 11) is 0. The van der Waals surface area contributed by atoms with Crippen molar-refractivity contribution in [1.82, 2.24) is 9.97 Å². The standard InChI is InChI=1S/C9H8IN3/c1-2-11-8-5-12-7-3-6(10)4-13-9(7)8/h2-5,11-12H,1H2. The first-order chi connectivity index (χ1) is 6.31. The first-order valence-corrected chi connectivity index (χ1v) is 4.89. The maximum Gasteiger partial charge on any atom is 0.111 e. The number of nitrogens with zero attached hydrogens (tertiary/aromatic N) is 1. The van der Waals surface area contributed by atoms with E-state index in [-0.39, 0.29) is 0 Å². The highest BCUT2D eigenvalue weighted by molar-refractivity contribution is 14.1. The maximum absolute atomic E-state index is 4.31. The van der Waals surface area contributed by atoms with Gasteiger partial charge in [-0.15, -0.1) is 0 Å². The molecule has 0 saturated heterocycles. The maximum atomic E-state index is 4.31. The van der Waals surface area contributed by atoms with Crippen molar-refractivity contribution in [3.05, 3.63) is 34.8 Å². The van der Waals surface area contributed by atoms with Gasteiger partial charge in [0.2, 0.25) is 0 Å². The molecule has 0 radical (unpaired) electrons. The van der Waals surface area contributed by atoms with Crippen LogP contribution < -0.4 is 5.32 Å². The van der Waals surface area contributed by atoms with E-state index in [0.29, 0.717) is 0 Å². The summed E-state index contributed by atoms with van der Waals surface area (Å²) in [6, 6.07) is 2.05. The van der Waals surface area contributed by atoms with E-state index in [9.17, 15) is 0 Å². The molecule has 0 aromatic carbocycles. The molecule has 0 aliphatic rings. The fourth-order valence-corrected chi connectivity index (χ4v) is 1.65. The summed E-state index contributed by atoms with van der Waals surface area (Å²) in [6.07, 6.45) is 5.36. The molecule has 0 fully saturated rings. The minimum absolute atomic E-state index is 0.945. The second-order valence-corrected chi connectivity index (χ2v) is 3.85. The zero-order chi connectivity index (χ0) is 9.26. The Morgan fingerprint density at radius 2 is 2.46 bits per heavy atom. The fraction of sp³-hybridized carbons (Fsp3) is 0. The Bertz CT molecular complexity index is 447. The van der Waals surface area contributed by atoms with Crippen LogP contribution in [0.5, 0.6) is 0 Å². The Morgan fingerprint density at radius 3 is 3.23 bits per heavy atom. The van der Waals surface area contributed by atoms with Gasteiger partial charge in [-0.25, -0.2) is 0 Å². The number of rotatable bonds is 2. The lowest BCUT2D eigenvalue weighted by molar-refractivity contribution is 1.38. The SMILES string of the molecule is C=CNc1c[nH]c2cc(I)cnc12. The van der Waals surface area contributed by atoms with Gasteiger partial charge in [0.1, 0.15) is 5.52 Å². The Kier molecular flexibility index (Phi) is 2.22. The summed E-state index contributed by atoms with van der Waals surface area (Å²) in [5.74, 6) is 0. The van der Waals surface area contributed by atoms with Gasteiger partial charge in [-0.1, -0.05) is 6.58 Å². The summed E-state index contributed by atoms with van der Waals surface area (Å²) < 4.78 is 1.12. The van der Waals surface area contributed by atoms with Crippen molar-refractivity contribution in [3.8, 4) is 0 Å². The molecule has 66 valence electrons. The first-order valence-electron chi connectivity index (χ1n) is 3.81. The van der Waals surface area contributed by atoms with Crippen LogP contribution in [0.3, 0.4) is 0 Å². The molecule has 2 aromatic heterocycles. The van der Waals surface area contributed by atoms with Crippen molar-refractivity contribution in [3.63, 3.8) is 0 Å². The normalized spacial score (nSPS) is 10.2. The third-order valence-electron chi connectivity index (χ3n) is 1.74. The van der Waals surface area contributed by atoms with Crippen LogP contribution in [0.15, 0.2) is 31.2 Å². The number of pyridine rings is 1. The second kappa shape index (κ2) is 3.37. The lowest BCUT2D eigenvalue weighted by Crippen LogP contribution is -1.85. The van der Waals surface area contributed by atoms with E-state index < -0.39 is 0 Å². The van der Waals surface area contributed by atoms with Crippen molar-refractivity contribution >= 4 is 39.3 Å². The monoisotopic (exact) mass is 285 g/mol. The van der Waals surface area contributed by atoms with Gasteiger partial charge >= 0.3 is 0 Å². The lowest BCUT2D eigenvalue weighted by atomic mass is 10.3. The molecular formula is C9H8IN3. The number of anilines is 1. The minimum atomic E-state index is 0.945. The van der Waals surface area contributed by atoms with Gasteiger partial charge in [0, 0.05) is 16.0 Å². The number of hydrogen-bond donors (Lipinski definition) is 2. The molecule has 2 heterocycles. The molecule has 2 aromatic rings. The van der Waals surface area contributed by atoms with E-state index in [4.69, 9.17) is 0 Å². The smallest absolute Gasteiger partial charge is 0.111 e. The van der Waals surface area contributed by atoms with Crippen molar-refractivity contribution in [2.75, 3.05) is 5.32 Å². The van der Waals surface area contributed by atoms with Gasteiger partial charge < -0.3 is 10.3 Å². The van der Waals surface area contributed by atoms with Crippen molar-refractivity contribution in [2.45, 2.75) is 0 Å². The molecule has 4 heteroatoms. The van der Waals surface area contributed by atoms with Crippen LogP contribution in [-0.4, -0.2) is 9.97 Å². The van der Waals surface area contributed by atoms with E-state index in [1.807, 2.05) is 12.4 Å². The zero-order valence-corrected chi connectivity index (χ0v) is 9.00. The summed E-state index contributed by atoms with van der Waals surface area (Å²) >= 11 is 2.24. The molecule has 0 saturated carbocycles. The van der Waals surface area contributed by atoms with Gasteiger partial charge in [-0.3, -0.25) is 4.98 Å². The van der Waals surface area contributed by atoms with Crippen LogP contribution in [0.25, 0.3) is 11.0 Å². The Hall–Kier alpha value is -1.04. The largest absolute Gasteiger partial charge is 0.359 e. The average Bonchev–Trinajstić information content (AvgIpc) is 2.49. The highest BCUT2D eigenvalue weighted by Crippen LogP contribution is 2.21. The van der Waals surface area contributed by atoms with Crippen LogP contribution in [0, 0.1) is 3.57 Å². The number of halogens is 1. The summed E-state index contributed by atoms with van der Waals surface area (Å²) in [5.41, 5.74) is 2.94. The molecule has 2 N–H and O–H groups in total. The second-order valence-electron chi connectivity index (χ2n) is 2.60. The zero-order valence-electron chi connectivity index (χ0n) is 6.84. The predicted octanol–water partition coefficient (Wildman–Crippen LogP) is 2.72. The molecule has 0 aliphatic heterocycles. The molecule has 0 aliphatic carbocycles. The third kappa shape index (κ3) is 1.53. The van der Waals surface area contributed by atoms with E-state index >= 15 is 0 Å². The van der Waals surface area contributed by atoms with Crippen LogP contribution in [0.4, 0.5) is 5.69 Å². The number of hydrogen-bond acceptors (Lipinski definition) is 2. The minimum Gasteiger partial charge on any atom is -0.359 e. The van der Waals surface area contributed by atoms with Crippen molar-refractivity contribution < 1.29 is 0 Å². The number of aromatic amines is 1. The summed E-state index contributed by atoms with van der Waals surface area (Å²) in [5, 5.41) is 3.02. The Balaban J connectivity index is 2.61. The van der Waals surface area contributed by atoms with Crippen LogP contribution in [0.1, 0.15) is 0 Å². The third-order valence-corrected chi connectivity index (χ3v) is 2.33. The quantitative estimate of drug-likeness (QED) is 0.833.